The minimum Gasteiger partial charge on any atom is -0.208 e. The molecule has 3 aromatic heterocycles. The van der Waals surface area contributed by atoms with Gasteiger partial charge in [-0.3, -0.25) is 0 Å². The van der Waals surface area contributed by atoms with Crippen LogP contribution >= 0.6 is 22.7 Å². The quantitative estimate of drug-likeness (QED) is 0.182. The molecule has 0 radical (unpaired) electrons. The molecule has 0 atom stereocenters. The summed E-state index contributed by atoms with van der Waals surface area (Å²) in [5.41, 5.74) is 7.70. The van der Waals surface area contributed by atoms with Crippen LogP contribution in [0.1, 0.15) is 0 Å². The summed E-state index contributed by atoms with van der Waals surface area (Å²) in [5, 5.41) is 5.17. The van der Waals surface area contributed by atoms with Crippen LogP contribution in [0.15, 0.2) is 164 Å². The average molecular weight is 674 g/mol. The lowest BCUT2D eigenvalue weighted by molar-refractivity contribution is 1.07. The maximum atomic E-state index is 5.04. The van der Waals surface area contributed by atoms with Gasteiger partial charge in [0.25, 0.3) is 0 Å². The van der Waals surface area contributed by atoms with Crippen LogP contribution < -0.4 is 0 Å². The lowest BCUT2D eigenvalue weighted by Crippen LogP contribution is -2.00. The predicted molar refractivity (Wildman–Crippen MR) is 213 cm³/mol. The smallest absolute Gasteiger partial charge is 0.164 e. The number of aromatic nitrogens is 3. The maximum Gasteiger partial charge on any atom is 0.164 e. The lowest BCUT2D eigenvalue weighted by atomic mass is 10.0. The highest BCUT2D eigenvalue weighted by Crippen LogP contribution is 2.40. The van der Waals surface area contributed by atoms with Gasteiger partial charge in [-0.2, -0.15) is 0 Å². The van der Waals surface area contributed by atoms with Crippen LogP contribution in [0.2, 0.25) is 0 Å². The summed E-state index contributed by atoms with van der Waals surface area (Å²) in [4.78, 5) is 15.0. The van der Waals surface area contributed by atoms with Gasteiger partial charge >= 0.3 is 0 Å². The van der Waals surface area contributed by atoms with Gasteiger partial charge in [0.15, 0.2) is 17.5 Å². The van der Waals surface area contributed by atoms with Crippen molar-refractivity contribution in [3.05, 3.63) is 164 Å². The van der Waals surface area contributed by atoms with Crippen molar-refractivity contribution >= 4 is 63.0 Å². The fraction of sp³-hybridized carbons (Fsp3) is 0. The van der Waals surface area contributed by atoms with E-state index >= 15 is 0 Å². The molecule has 0 bridgehead atoms. The molecule has 3 nitrogen and oxygen atoms in total. The molecule has 0 N–H and O–H groups in total. The van der Waals surface area contributed by atoms with E-state index in [-0.39, 0.29) is 0 Å². The van der Waals surface area contributed by atoms with Gasteiger partial charge in [-0.05, 0) is 52.6 Å². The number of hydrogen-bond donors (Lipinski definition) is 0. The van der Waals surface area contributed by atoms with Crippen molar-refractivity contribution in [2.75, 3.05) is 0 Å². The monoisotopic (exact) mass is 673 g/mol. The molecular weight excluding hydrogens is 647 g/mol. The van der Waals surface area contributed by atoms with E-state index in [1.807, 2.05) is 59.1 Å². The number of fused-ring (bicyclic) bond motifs is 6. The van der Waals surface area contributed by atoms with Crippen molar-refractivity contribution in [3.8, 4) is 56.4 Å². The second-order valence-electron chi connectivity index (χ2n) is 12.4. The Balaban J connectivity index is 1.05. The van der Waals surface area contributed by atoms with Crippen LogP contribution in [0.3, 0.4) is 0 Å². The van der Waals surface area contributed by atoms with Gasteiger partial charge in [-0.25, -0.2) is 15.0 Å². The molecule has 0 saturated carbocycles. The van der Waals surface area contributed by atoms with Gasteiger partial charge in [0, 0.05) is 57.0 Å². The minimum atomic E-state index is 0.658. The number of nitrogens with zero attached hydrogens (tertiary/aromatic N) is 3. The highest BCUT2D eigenvalue weighted by atomic mass is 32.1. The van der Waals surface area contributed by atoms with Gasteiger partial charge in [0.2, 0.25) is 0 Å². The summed E-state index contributed by atoms with van der Waals surface area (Å²) >= 11 is 3.67. The topological polar surface area (TPSA) is 38.7 Å². The standard InChI is InChI=1S/C45H27N3S2/c1-3-9-28(10-4-1)29-15-17-31(18-16-29)44-46-43(30-11-5-2-6-12-30)47-45(48-44)34-20-23-37-38-25-32(21-24-40(38)50-42(37)27-34)33-19-22-36-35-13-7-8-14-39(35)49-41(36)26-33/h1-27H. The summed E-state index contributed by atoms with van der Waals surface area (Å²) in [6, 6.07) is 58.0. The summed E-state index contributed by atoms with van der Waals surface area (Å²) in [5.74, 6) is 1.98. The highest BCUT2D eigenvalue weighted by Gasteiger charge is 2.15. The maximum absolute atomic E-state index is 5.04. The van der Waals surface area contributed by atoms with E-state index in [1.54, 1.807) is 0 Å². The molecule has 0 fully saturated rings. The summed E-state index contributed by atoms with van der Waals surface area (Å²) < 4.78 is 5.13. The van der Waals surface area contributed by atoms with Crippen LogP contribution in [-0.4, -0.2) is 15.0 Å². The normalized spacial score (nSPS) is 11.6. The van der Waals surface area contributed by atoms with Crippen molar-refractivity contribution in [2.24, 2.45) is 0 Å². The van der Waals surface area contributed by atoms with Crippen molar-refractivity contribution < 1.29 is 0 Å². The molecule has 0 aliphatic heterocycles. The summed E-state index contributed by atoms with van der Waals surface area (Å²) in [6.07, 6.45) is 0. The summed E-state index contributed by atoms with van der Waals surface area (Å²) in [7, 11) is 0. The Labute approximate surface area is 296 Å². The van der Waals surface area contributed by atoms with E-state index in [4.69, 9.17) is 15.0 Å². The fourth-order valence-corrected chi connectivity index (χ4v) is 9.07. The molecule has 0 amide bonds. The van der Waals surface area contributed by atoms with Crippen molar-refractivity contribution in [1.82, 2.24) is 15.0 Å². The molecule has 234 valence electrons. The van der Waals surface area contributed by atoms with E-state index in [9.17, 15) is 0 Å². The Bertz CT molecular complexity index is 2850. The predicted octanol–water partition coefficient (Wildman–Crippen LogP) is 12.9. The van der Waals surface area contributed by atoms with Gasteiger partial charge < -0.3 is 0 Å². The largest absolute Gasteiger partial charge is 0.208 e. The number of benzene rings is 7. The molecule has 50 heavy (non-hydrogen) atoms. The molecule has 10 rings (SSSR count). The summed E-state index contributed by atoms with van der Waals surface area (Å²) in [6.45, 7) is 0. The first-order valence-corrected chi connectivity index (χ1v) is 18.2. The fourth-order valence-electron chi connectivity index (χ4n) is 6.79. The Hall–Kier alpha value is -6.01. The van der Waals surface area contributed by atoms with E-state index < -0.39 is 0 Å². The van der Waals surface area contributed by atoms with Crippen LogP contribution in [0.4, 0.5) is 0 Å². The molecule has 3 heterocycles. The molecular formula is C45H27N3S2. The van der Waals surface area contributed by atoms with Crippen LogP contribution in [0.25, 0.3) is 96.8 Å². The van der Waals surface area contributed by atoms with E-state index in [2.05, 4.69) is 127 Å². The zero-order valence-corrected chi connectivity index (χ0v) is 28.4. The lowest BCUT2D eigenvalue weighted by Gasteiger charge is -2.09. The third-order valence-electron chi connectivity index (χ3n) is 9.36. The second kappa shape index (κ2) is 11.8. The Morgan fingerprint density at radius 1 is 0.260 bits per heavy atom. The zero-order valence-electron chi connectivity index (χ0n) is 26.7. The number of thiophene rings is 2. The second-order valence-corrected chi connectivity index (χ2v) is 14.6. The molecule has 0 unspecified atom stereocenters. The van der Waals surface area contributed by atoms with E-state index in [1.165, 1.54) is 57.0 Å². The first-order valence-electron chi connectivity index (χ1n) is 16.6. The minimum absolute atomic E-state index is 0.658. The van der Waals surface area contributed by atoms with Crippen molar-refractivity contribution in [1.29, 1.82) is 0 Å². The third kappa shape index (κ3) is 5.07. The Morgan fingerprint density at radius 3 is 1.40 bits per heavy atom. The molecule has 0 aliphatic carbocycles. The van der Waals surface area contributed by atoms with Crippen LogP contribution in [0, 0.1) is 0 Å². The van der Waals surface area contributed by atoms with E-state index in [0.717, 1.165) is 22.3 Å². The number of rotatable bonds is 5. The third-order valence-corrected chi connectivity index (χ3v) is 11.6. The molecule has 0 aliphatic rings. The average Bonchev–Trinajstić information content (AvgIpc) is 3.75. The first-order chi connectivity index (χ1) is 24.7. The van der Waals surface area contributed by atoms with Gasteiger partial charge in [-0.15, -0.1) is 22.7 Å². The van der Waals surface area contributed by atoms with E-state index in [0.29, 0.717) is 17.5 Å². The van der Waals surface area contributed by atoms with Gasteiger partial charge in [-0.1, -0.05) is 133 Å². The van der Waals surface area contributed by atoms with Gasteiger partial charge in [0.05, 0.1) is 0 Å². The molecule has 5 heteroatoms. The van der Waals surface area contributed by atoms with Crippen LogP contribution in [0.5, 0.6) is 0 Å². The zero-order chi connectivity index (χ0) is 33.0. The van der Waals surface area contributed by atoms with Gasteiger partial charge in [0.1, 0.15) is 0 Å². The molecule has 7 aromatic carbocycles. The molecule has 10 aromatic rings. The van der Waals surface area contributed by atoms with Crippen molar-refractivity contribution in [2.45, 2.75) is 0 Å². The van der Waals surface area contributed by atoms with Crippen LogP contribution in [-0.2, 0) is 0 Å². The molecule has 0 spiro atoms. The van der Waals surface area contributed by atoms with Crippen molar-refractivity contribution in [3.63, 3.8) is 0 Å². The Kier molecular flexibility index (Phi) is 6.86. The Morgan fingerprint density at radius 2 is 0.680 bits per heavy atom. The number of hydrogen-bond acceptors (Lipinski definition) is 5. The first kappa shape index (κ1) is 29.0. The highest BCUT2D eigenvalue weighted by molar-refractivity contribution is 7.26. The molecule has 0 saturated heterocycles. The SMILES string of the molecule is c1ccc(-c2ccc(-c3nc(-c4ccccc4)nc(-c4ccc5c(c4)sc4ccc(-c6ccc7c(c6)sc6ccccc67)cc45)n3)cc2)cc1.